The number of hydrogen-bond acceptors (Lipinski definition) is 5. The number of benzene rings is 2. The predicted molar refractivity (Wildman–Crippen MR) is 159 cm³/mol. The first-order valence-electron chi connectivity index (χ1n) is 13.4. The van der Waals surface area contributed by atoms with Crippen molar-refractivity contribution in [2.75, 3.05) is 6.61 Å². The third-order valence-corrected chi connectivity index (χ3v) is 11.9. The van der Waals surface area contributed by atoms with Crippen LogP contribution >= 0.6 is 0 Å². The lowest BCUT2D eigenvalue weighted by atomic mass is 9.80. The molecule has 2 aromatic carbocycles. The van der Waals surface area contributed by atoms with Crippen molar-refractivity contribution in [3.8, 4) is 0 Å². The fraction of sp³-hybridized carbons (Fsp3) is 0.406. The van der Waals surface area contributed by atoms with E-state index in [0.29, 0.717) is 13.0 Å². The largest absolute Gasteiger partial charge is 0.505 e. The normalized spacial score (nSPS) is 15.8. The van der Waals surface area contributed by atoms with Crippen molar-refractivity contribution in [1.29, 1.82) is 5.39 Å². The van der Waals surface area contributed by atoms with Crippen LogP contribution in [0.5, 0.6) is 0 Å². The minimum absolute atomic E-state index is 0.109. The molecule has 1 N–H and O–H groups in total. The van der Waals surface area contributed by atoms with Gasteiger partial charge in [0.05, 0.1) is 0 Å². The third kappa shape index (κ3) is 7.14. The molecule has 0 unspecified atom stereocenters. The molecule has 0 saturated carbocycles. The highest BCUT2D eigenvalue weighted by Crippen LogP contribution is 2.40. The molecule has 0 fully saturated rings. The van der Waals surface area contributed by atoms with Crippen molar-refractivity contribution in [1.82, 2.24) is 0 Å². The molecule has 2 aromatic rings. The van der Waals surface area contributed by atoms with Gasteiger partial charge in [-0.3, -0.25) is 0 Å². The lowest BCUT2D eigenvalue weighted by molar-refractivity contribution is -0.149. The summed E-state index contributed by atoms with van der Waals surface area (Å²) < 4.78 is 12.5. The van der Waals surface area contributed by atoms with Gasteiger partial charge in [0.15, 0.2) is 10.7 Å². The average Bonchev–Trinajstić information content (AvgIpc) is 2.88. The molecule has 0 atom stereocenters. The maximum Gasteiger partial charge on any atom is 0.505 e. The van der Waals surface area contributed by atoms with Gasteiger partial charge in [-0.05, 0) is 49.0 Å². The van der Waals surface area contributed by atoms with Crippen molar-refractivity contribution < 1.29 is 19.1 Å². The molecule has 0 aromatic heterocycles. The number of aliphatic hydroxyl groups is 1. The predicted octanol–water partition coefficient (Wildman–Crippen LogP) is 6.81. The highest BCUT2D eigenvalue weighted by Gasteiger charge is 2.51. The van der Waals surface area contributed by atoms with E-state index in [4.69, 9.17) is 9.16 Å². The summed E-state index contributed by atoms with van der Waals surface area (Å²) in [6, 6.07) is 20.9. The summed E-state index contributed by atoms with van der Waals surface area (Å²) in [5.41, 5.74) is -1.78. The van der Waals surface area contributed by atoms with Crippen LogP contribution in [0.1, 0.15) is 60.8 Å². The SMILES string of the molecule is CC(C)(C)OC(=O)/C([N+]#N)=C(\O)CCC1(CO[Si](c2ccccc2)(c2ccccc2)C(C)(C)C)C=CCC=C1. The van der Waals surface area contributed by atoms with E-state index in [1.165, 1.54) is 10.4 Å². The summed E-state index contributed by atoms with van der Waals surface area (Å²) >= 11 is 0. The highest BCUT2D eigenvalue weighted by atomic mass is 28.4. The van der Waals surface area contributed by atoms with Gasteiger partial charge in [0.25, 0.3) is 8.32 Å². The molecule has 0 spiro atoms. The number of esters is 1. The van der Waals surface area contributed by atoms with Crippen molar-refractivity contribution in [3.05, 3.63) is 101 Å². The number of aliphatic hydroxyl groups excluding tert-OH is 1. The Kier molecular flexibility index (Phi) is 9.37. The Morgan fingerprint density at radius 3 is 1.90 bits per heavy atom. The van der Waals surface area contributed by atoms with Crippen LogP contribution in [0.2, 0.25) is 5.04 Å². The smallest absolute Gasteiger partial charge is 0.505 e. The van der Waals surface area contributed by atoms with Crippen LogP contribution in [0.3, 0.4) is 0 Å². The number of rotatable bonds is 9. The van der Waals surface area contributed by atoms with E-state index < -0.39 is 31.0 Å². The summed E-state index contributed by atoms with van der Waals surface area (Å²) in [4.78, 5) is 15.6. The molecule has 7 heteroatoms. The maximum atomic E-state index is 12.5. The Balaban J connectivity index is 1.98. The van der Waals surface area contributed by atoms with Gasteiger partial charge in [-0.2, -0.15) is 0 Å². The second-order valence-corrected chi connectivity index (χ2v) is 16.4. The van der Waals surface area contributed by atoms with Crippen molar-refractivity contribution in [2.24, 2.45) is 5.41 Å². The number of ether oxygens (including phenoxy) is 1. The summed E-state index contributed by atoms with van der Waals surface area (Å²) in [6.45, 7) is 12.2. The van der Waals surface area contributed by atoms with Gasteiger partial charge < -0.3 is 14.3 Å². The molecule has 0 heterocycles. The molecule has 0 aliphatic heterocycles. The van der Waals surface area contributed by atoms with E-state index in [9.17, 15) is 15.3 Å². The second kappa shape index (κ2) is 12.1. The quantitative estimate of drug-likeness (QED) is 0.0934. The number of nitrogens with zero attached hydrogens (tertiary/aromatic N) is 2. The molecule has 3 rings (SSSR count). The van der Waals surface area contributed by atoms with Crippen LogP contribution in [0.4, 0.5) is 0 Å². The van der Waals surface area contributed by atoms with E-state index in [1.807, 2.05) is 12.1 Å². The Labute approximate surface area is 233 Å². The van der Waals surface area contributed by atoms with E-state index in [0.717, 1.165) is 6.42 Å². The first-order valence-corrected chi connectivity index (χ1v) is 15.4. The third-order valence-electron chi connectivity index (χ3n) is 6.94. The molecule has 0 saturated heterocycles. The molecule has 0 bridgehead atoms. The molecule has 39 heavy (non-hydrogen) atoms. The molecule has 1 aliphatic carbocycles. The Morgan fingerprint density at radius 1 is 0.949 bits per heavy atom. The van der Waals surface area contributed by atoms with Gasteiger partial charge in [0.2, 0.25) is 5.39 Å². The van der Waals surface area contributed by atoms with Crippen LogP contribution in [0.15, 0.2) is 96.4 Å². The van der Waals surface area contributed by atoms with Gasteiger partial charge in [-0.1, -0.05) is 106 Å². The van der Waals surface area contributed by atoms with E-state index in [-0.39, 0.29) is 17.2 Å². The van der Waals surface area contributed by atoms with Crippen LogP contribution in [0.25, 0.3) is 4.98 Å². The molecular weight excluding hydrogens is 504 g/mol. The van der Waals surface area contributed by atoms with Gasteiger partial charge in [-0.25, -0.2) is 4.79 Å². The fourth-order valence-corrected chi connectivity index (χ4v) is 9.73. The van der Waals surface area contributed by atoms with E-state index in [2.05, 4.69) is 98.6 Å². The van der Waals surface area contributed by atoms with Crippen LogP contribution in [-0.2, 0) is 14.0 Å². The second-order valence-electron chi connectivity index (χ2n) is 12.1. The van der Waals surface area contributed by atoms with Crippen molar-refractivity contribution in [2.45, 2.75) is 71.4 Å². The summed E-state index contributed by atoms with van der Waals surface area (Å²) in [7, 11) is -2.78. The van der Waals surface area contributed by atoms with Gasteiger partial charge in [-0.15, -0.1) is 0 Å². The van der Waals surface area contributed by atoms with Crippen LogP contribution < -0.4 is 10.4 Å². The number of hydrogen-bond donors (Lipinski definition) is 1. The summed E-state index contributed by atoms with van der Waals surface area (Å²) in [5, 5.41) is 22.5. The van der Waals surface area contributed by atoms with Crippen molar-refractivity contribution in [3.63, 3.8) is 0 Å². The Bertz CT molecular complexity index is 1210. The molecular formula is C32H41N2O4Si+. The number of carbonyl (C=O) groups is 1. The molecule has 6 nitrogen and oxygen atoms in total. The lowest BCUT2D eigenvalue weighted by Crippen LogP contribution is -2.67. The topological polar surface area (TPSA) is 83.9 Å². The summed E-state index contributed by atoms with van der Waals surface area (Å²) in [6.07, 6.45) is 9.82. The summed E-state index contributed by atoms with van der Waals surface area (Å²) in [5.74, 6) is -1.18. The zero-order valence-electron chi connectivity index (χ0n) is 24.0. The number of diazo groups is 1. The molecule has 1 aliphatic rings. The Hall–Kier alpha value is -3.47. The number of allylic oxidation sites excluding steroid dienone is 3. The minimum atomic E-state index is -2.78. The fourth-order valence-electron chi connectivity index (χ4n) is 5.09. The van der Waals surface area contributed by atoms with Crippen molar-refractivity contribution >= 4 is 24.7 Å². The highest BCUT2D eigenvalue weighted by molar-refractivity contribution is 6.99. The van der Waals surface area contributed by atoms with E-state index >= 15 is 0 Å². The van der Waals surface area contributed by atoms with Crippen LogP contribution in [-0.4, -0.2) is 31.6 Å². The maximum absolute atomic E-state index is 12.5. The zero-order chi connectivity index (χ0) is 28.7. The average molecular weight is 546 g/mol. The lowest BCUT2D eigenvalue weighted by Gasteiger charge is -2.45. The van der Waals surface area contributed by atoms with E-state index in [1.54, 1.807) is 20.8 Å². The van der Waals surface area contributed by atoms with Gasteiger partial charge >= 0.3 is 11.7 Å². The first-order chi connectivity index (χ1) is 18.3. The first kappa shape index (κ1) is 30.1. The molecule has 206 valence electrons. The molecule has 0 amide bonds. The van der Waals surface area contributed by atoms with Gasteiger partial charge in [0, 0.05) is 18.4 Å². The number of carbonyl (C=O) groups excluding carboxylic acids is 1. The standard InChI is InChI=1S/C32H40N2O4Si/c1-30(2,3)38-29(36)28(34-33)27(35)20-23-32(21-14-9-15-22-32)24-37-39(31(4,5)6,25-16-10-7-11-17-25)26-18-12-8-13-19-26/h7-8,10-19,21-22H,9,20,23-24H2,1-6H3/p+1. The zero-order valence-corrected chi connectivity index (χ0v) is 25.0. The Morgan fingerprint density at radius 2 is 1.46 bits per heavy atom. The monoisotopic (exact) mass is 545 g/mol. The molecule has 0 radical (unpaired) electrons. The minimum Gasteiger partial charge on any atom is -0.505 e. The van der Waals surface area contributed by atoms with Crippen LogP contribution in [0, 0.1) is 10.8 Å². The van der Waals surface area contributed by atoms with Gasteiger partial charge in [0.1, 0.15) is 5.60 Å².